The zero-order chi connectivity index (χ0) is 20.9. The Labute approximate surface area is 181 Å². The smallest absolute Gasteiger partial charge is 0.253 e. The van der Waals surface area contributed by atoms with Gasteiger partial charge in [-0.1, -0.05) is 48.5 Å². The summed E-state index contributed by atoms with van der Waals surface area (Å²) in [6.45, 7) is 1.61. The number of amides is 2. The van der Waals surface area contributed by atoms with Crippen molar-refractivity contribution in [1.29, 1.82) is 0 Å². The summed E-state index contributed by atoms with van der Waals surface area (Å²) in [5, 5.41) is 8.11. The number of likely N-dealkylation sites (tertiary alicyclic amines) is 1. The van der Waals surface area contributed by atoms with Crippen LogP contribution in [0.5, 0.6) is 0 Å². The second kappa shape index (κ2) is 9.05. The van der Waals surface area contributed by atoms with Gasteiger partial charge in [0.15, 0.2) is 5.11 Å². The summed E-state index contributed by atoms with van der Waals surface area (Å²) < 4.78 is 0. The average molecular weight is 418 g/mol. The van der Waals surface area contributed by atoms with Gasteiger partial charge >= 0.3 is 0 Å². The molecule has 0 aliphatic carbocycles. The van der Waals surface area contributed by atoms with E-state index in [1.807, 2.05) is 59.5 Å². The van der Waals surface area contributed by atoms with Gasteiger partial charge in [0.25, 0.3) is 5.91 Å². The molecule has 152 valence electrons. The predicted octanol–water partition coefficient (Wildman–Crippen LogP) is 4.13. The van der Waals surface area contributed by atoms with Crippen molar-refractivity contribution in [3.05, 3.63) is 77.9 Å². The minimum absolute atomic E-state index is 0.0297. The maximum absolute atomic E-state index is 12.6. The lowest BCUT2D eigenvalue weighted by atomic mass is 10.0. The Morgan fingerprint density at radius 2 is 1.67 bits per heavy atom. The predicted molar refractivity (Wildman–Crippen MR) is 124 cm³/mol. The molecule has 3 aromatic rings. The highest BCUT2D eigenvalue weighted by Crippen LogP contribution is 2.19. The fourth-order valence-electron chi connectivity index (χ4n) is 3.79. The van der Waals surface area contributed by atoms with Crippen molar-refractivity contribution in [1.82, 2.24) is 10.2 Å². The first kappa shape index (κ1) is 20.0. The standard InChI is InChI=1S/C24H23N3O2S/c28-22(16-18-9-5-8-17-7-1-2-12-21(17)18)26-24(30)25-20-11-6-10-19(15-20)23(29)27-13-3-4-14-27/h1-2,5-12,15H,3-4,13-14,16H2,(H2,25,26,28,30). The Hall–Kier alpha value is -3.25. The molecule has 4 rings (SSSR count). The first-order chi connectivity index (χ1) is 14.6. The summed E-state index contributed by atoms with van der Waals surface area (Å²) in [5.41, 5.74) is 2.24. The number of nitrogens with zero attached hydrogens (tertiary/aromatic N) is 1. The molecule has 0 saturated carbocycles. The lowest BCUT2D eigenvalue weighted by Gasteiger charge is -2.16. The van der Waals surface area contributed by atoms with E-state index in [1.165, 1.54) is 0 Å². The fraction of sp³-hybridized carbons (Fsp3) is 0.208. The van der Waals surface area contributed by atoms with Gasteiger partial charge in [0.1, 0.15) is 0 Å². The van der Waals surface area contributed by atoms with Crippen LogP contribution in [0.25, 0.3) is 10.8 Å². The molecule has 0 radical (unpaired) electrons. The first-order valence-electron chi connectivity index (χ1n) is 10.1. The van der Waals surface area contributed by atoms with Gasteiger partial charge in [-0.25, -0.2) is 0 Å². The summed E-state index contributed by atoms with van der Waals surface area (Å²) in [5.74, 6) is -0.157. The molecule has 1 aliphatic heterocycles. The van der Waals surface area contributed by atoms with Crippen LogP contribution in [0.3, 0.4) is 0 Å². The van der Waals surface area contributed by atoms with Crippen molar-refractivity contribution in [3.63, 3.8) is 0 Å². The molecular formula is C24H23N3O2S. The monoisotopic (exact) mass is 417 g/mol. The van der Waals surface area contributed by atoms with Crippen LogP contribution in [0.4, 0.5) is 5.69 Å². The molecule has 0 atom stereocenters. The molecule has 0 unspecified atom stereocenters. The number of nitrogens with one attached hydrogen (secondary N) is 2. The van der Waals surface area contributed by atoms with Crippen molar-refractivity contribution in [2.45, 2.75) is 19.3 Å². The van der Waals surface area contributed by atoms with Crippen molar-refractivity contribution >= 4 is 45.6 Å². The number of hydrogen-bond donors (Lipinski definition) is 2. The van der Waals surface area contributed by atoms with Gasteiger partial charge in [0.2, 0.25) is 5.91 Å². The van der Waals surface area contributed by atoms with E-state index < -0.39 is 0 Å². The van der Waals surface area contributed by atoms with Crippen LogP contribution in [0, 0.1) is 0 Å². The van der Waals surface area contributed by atoms with Crippen molar-refractivity contribution < 1.29 is 9.59 Å². The molecule has 0 bridgehead atoms. The van der Waals surface area contributed by atoms with Crippen LogP contribution in [0.1, 0.15) is 28.8 Å². The fourth-order valence-corrected chi connectivity index (χ4v) is 4.02. The van der Waals surface area contributed by atoms with E-state index in [-0.39, 0.29) is 23.3 Å². The third kappa shape index (κ3) is 4.66. The SMILES string of the molecule is O=C(Cc1cccc2ccccc12)NC(=S)Nc1cccc(C(=O)N2CCCC2)c1. The van der Waals surface area contributed by atoms with Gasteiger partial charge in [0.05, 0.1) is 6.42 Å². The Bertz CT molecular complexity index is 1100. The second-order valence-corrected chi connectivity index (χ2v) is 7.81. The maximum Gasteiger partial charge on any atom is 0.253 e. The van der Waals surface area contributed by atoms with Crippen LogP contribution in [-0.2, 0) is 11.2 Å². The highest BCUT2D eigenvalue weighted by molar-refractivity contribution is 7.80. The van der Waals surface area contributed by atoms with Crippen molar-refractivity contribution in [3.8, 4) is 0 Å². The molecule has 0 spiro atoms. The number of thiocarbonyl (C=S) groups is 1. The highest BCUT2D eigenvalue weighted by Gasteiger charge is 2.19. The van der Waals surface area contributed by atoms with Crippen LogP contribution in [0.15, 0.2) is 66.7 Å². The normalized spacial score (nSPS) is 13.3. The lowest BCUT2D eigenvalue weighted by Crippen LogP contribution is -2.35. The third-order valence-corrected chi connectivity index (χ3v) is 5.45. The summed E-state index contributed by atoms with van der Waals surface area (Å²) in [4.78, 5) is 26.9. The van der Waals surface area contributed by atoms with E-state index >= 15 is 0 Å². The number of fused-ring (bicyclic) bond motifs is 1. The summed E-state index contributed by atoms with van der Waals surface area (Å²) in [6.07, 6.45) is 2.34. The quantitative estimate of drug-likeness (QED) is 0.627. The average Bonchev–Trinajstić information content (AvgIpc) is 3.28. The zero-order valence-corrected chi connectivity index (χ0v) is 17.4. The number of hydrogen-bond acceptors (Lipinski definition) is 3. The topological polar surface area (TPSA) is 61.4 Å². The number of carbonyl (C=O) groups excluding carboxylic acids is 2. The van der Waals surface area contributed by atoms with Crippen LogP contribution >= 0.6 is 12.2 Å². The third-order valence-electron chi connectivity index (χ3n) is 5.24. The summed E-state index contributed by atoms with van der Waals surface area (Å²) >= 11 is 5.30. The minimum Gasteiger partial charge on any atom is -0.339 e. The van der Waals surface area contributed by atoms with E-state index in [4.69, 9.17) is 12.2 Å². The molecule has 1 heterocycles. The van der Waals surface area contributed by atoms with Crippen molar-refractivity contribution in [2.24, 2.45) is 0 Å². The zero-order valence-electron chi connectivity index (χ0n) is 16.6. The van der Waals surface area contributed by atoms with Crippen LogP contribution in [0.2, 0.25) is 0 Å². The van der Waals surface area contributed by atoms with Crippen molar-refractivity contribution in [2.75, 3.05) is 18.4 Å². The molecule has 1 aliphatic rings. The molecule has 6 heteroatoms. The van der Waals surface area contributed by atoms with E-state index in [1.54, 1.807) is 12.1 Å². The molecule has 1 fully saturated rings. The lowest BCUT2D eigenvalue weighted by molar-refractivity contribution is -0.119. The van der Waals surface area contributed by atoms with Gasteiger partial charge in [-0.2, -0.15) is 0 Å². The summed E-state index contributed by atoms with van der Waals surface area (Å²) in [7, 11) is 0. The van der Waals surface area contributed by atoms with Gasteiger partial charge in [-0.3, -0.25) is 9.59 Å². The summed E-state index contributed by atoms with van der Waals surface area (Å²) in [6, 6.07) is 21.1. The molecule has 3 aromatic carbocycles. The Morgan fingerprint density at radius 1 is 0.933 bits per heavy atom. The molecule has 0 aromatic heterocycles. The van der Waals surface area contributed by atoms with E-state index in [0.29, 0.717) is 11.3 Å². The van der Waals surface area contributed by atoms with Crippen LogP contribution in [-0.4, -0.2) is 34.9 Å². The molecule has 30 heavy (non-hydrogen) atoms. The van der Waals surface area contributed by atoms with Gasteiger partial charge in [-0.15, -0.1) is 0 Å². The van der Waals surface area contributed by atoms with Gasteiger partial charge < -0.3 is 15.5 Å². The highest BCUT2D eigenvalue weighted by atomic mass is 32.1. The molecule has 1 saturated heterocycles. The van der Waals surface area contributed by atoms with E-state index in [9.17, 15) is 9.59 Å². The number of benzene rings is 3. The Kier molecular flexibility index (Phi) is 6.05. The molecule has 2 N–H and O–H groups in total. The largest absolute Gasteiger partial charge is 0.339 e. The molecule has 2 amide bonds. The first-order valence-corrected chi connectivity index (χ1v) is 10.5. The maximum atomic E-state index is 12.6. The number of carbonyl (C=O) groups is 2. The van der Waals surface area contributed by atoms with Gasteiger partial charge in [-0.05, 0) is 59.6 Å². The number of anilines is 1. The number of rotatable bonds is 4. The molecular weight excluding hydrogens is 394 g/mol. The second-order valence-electron chi connectivity index (χ2n) is 7.40. The minimum atomic E-state index is -0.187. The Balaban J connectivity index is 1.38. The van der Waals surface area contributed by atoms with E-state index in [0.717, 1.165) is 42.3 Å². The van der Waals surface area contributed by atoms with Crippen LogP contribution < -0.4 is 10.6 Å². The Morgan fingerprint density at radius 3 is 2.50 bits per heavy atom. The van der Waals surface area contributed by atoms with Gasteiger partial charge in [0, 0.05) is 24.3 Å². The molecule has 5 nitrogen and oxygen atoms in total. The van der Waals surface area contributed by atoms with E-state index in [2.05, 4.69) is 10.6 Å².